The minimum atomic E-state index is -0.0575. The molecule has 0 aromatic heterocycles. The van der Waals surface area contributed by atoms with E-state index >= 15 is 0 Å². The summed E-state index contributed by atoms with van der Waals surface area (Å²) in [6.45, 7) is 2.09. The summed E-state index contributed by atoms with van der Waals surface area (Å²) in [5, 5.41) is -0.0575. The fourth-order valence-electron chi connectivity index (χ4n) is 0.509. The van der Waals surface area contributed by atoms with Crippen molar-refractivity contribution in [3.63, 3.8) is 0 Å². The molecule has 2 nitrogen and oxygen atoms in total. The molecule has 0 radical (unpaired) electrons. The highest BCUT2D eigenvalue weighted by Gasteiger charge is 2.31. The monoisotopic (exact) mass is 261 g/mol. The van der Waals surface area contributed by atoms with E-state index in [1.165, 1.54) is 0 Å². The first-order valence-electron chi connectivity index (χ1n) is 2.21. The lowest BCUT2D eigenvalue weighted by Crippen LogP contribution is -2.27. The number of hydrogen-bond acceptors (Lipinski definition) is 1. The SMILES string of the molecule is CC1PP(I)N1C=O. The predicted octanol–water partition coefficient (Wildman–Crippen LogP) is 2.14. The van der Waals surface area contributed by atoms with Gasteiger partial charge in [0.15, 0.2) is 0 Å². The molecule has 8 heavy (non-hydrogen) atoms. The highest BCUT2D eigenvalue weighted by Crippen LogP contribution is 2.76. The number of nitrogens with zero attached hydrogens (tertiary/aromatic N) is 1. The van der Waals surface area contributed by atoms with Gasteiger partial charge >= 0.3 is 0 Å². The molecule has 5 heteroatoms. The van der Waals surface area contributed by atoms with E-state index < -0.39 is 0 Å². The molecule has 1 aliphatic rings. The average molecular weight is 261 g/mol. The minimum absolute atomic E-state index is 0.0575. The molecule has 3 unspecified atom stereocenters. The lowest BCUT2D eigenvalue weighted by molar-refractivity contribution is -0.114. The first-order valence-corrected chi connectivity index (χ1v) is 8.21. The van der Waals surface area contributed by atoms with Gasteiger partial charge in [-0.3, -0.25) is 4.79 Å². The minimum Gasteiger partial charge on any atom is -0.305 e. The number of halogens is 1. The standard InChI is InChI=1S/C3H6INOP2/c1-3-5(2-6)8(4)7-3/h2-3,7H,1H3. The molecule has 0 aliphatic carbocycles. The molecule has 0 aromatic rings. The summed E-state index contributed by atoms with van der Waals surface area (Å²) >= 11 is 2.34. The van der Waals surface area contributed by atoms with Gasteiger partial charge in [0.05, 0.1) is 11.2 Å². The van der Waals surface area contributed by atoms with Gasteiger partial charge in [0.1, 0.15) is 0 Å². The van der Waals surface area contributed by atoms with Crippen molar-refractivity contribution in [2.75, 3.05) is 0 Å². The van der Waals surface area contributed by atoms with Gasteiger partial charge < -0.3 is 4.67 Å². The summed E-state index contributed by atoms with van der Waals surface area (Å²) < 4.78 is 1.90. The third kappa shape index (κ3) is 1.14. The van der Waals surface area contributed by atoms with Crippen LogP contribution in [0.15, 0.2) is 0 Å². The molecule has 3 atom stereocenters. The molecule has 0 spiro atoms. The summed E-state index contributed by atoms with van der Waals surface area (Å²) in [5.74, 6) is 0.538. The van der Waals surface area contributed by atoms with Crippen molar-refractivity contribution in [3.8, 4) is 0 Å². The van der Waals surface area contributed by atoms with Gasteiger partial charge in [0.2, 0.25) is 6.41 Å². The Balaban J connectivity index is 2.39. The van der Waals surface area contributed by atoms with Gasteiger partial charge in [-0.1, -0.05) is 0 Å². The zero-order chi connectivity index (χ0) is 6.15. The van der Waals surface area contributed by atoms with Crippen molar-refractivity contribution in [3.05, 3.63) is 0 Å². The van der Waals surface area contributed by atoms with Gasteiger partial charge in [-0.2, -0.15) is 0 Å². The Bertz CT molecular complexity index is 103. The maximum absolute atomic E-state index is 10.1. The van der Waals surface area contributed by atoms with Crippen LogP contribution in [0, 0.1) is 0 Å². The molecule has 1 heterocycles. The van der Waals surface area contributed by atoms with Gasteiger partial charge in [-0.25, -0.2) is 0 Å². The second kappa shape index (κ2) is 2.76. The average Bonchev–Trinajstić information content (AvgIpc) is 1.67. The van der Waals surface area contributed by atoms with Crippen molar-refractivity contribution in [1.29, 1.82) is 0 Å². The topological polar surface area (TPSA) is 20.3 Å². The molecule has 0 bridgehead atoms. The van der Waals surface area contributed by atoms with Crippen LogP contribution in [0.2, 0.25) is 0 Å². The van der Waals surface area contributed by atoms with Crippen LogP contribution in [0.25, 0.3) is 0 Å². The molecule has 1 aliphatic heterocycles. The molecule has 46 valence electrons. The van der Waals surface area contributed by atoms with Crippen LogP contribution in [0.5, 0.6) is 0 Å². The third-order valence-electron chi connectivity index (χ3n) is 1.00. The van der Waals surface area contributed by atoms with E-state index in [-0.39, 0.29) is 5.40 Å². The van der Waals surface area contributed by atoms with Gasteiger partial charge in [0, 0.05) is 0 Å². The quantitative estimate of drug-likeness (QED) is 0.402. The summed E-state index contributed by atoms with van der Waals surface area (Å²) in [6, 6.07) is 0. The fourth-order valence-corrected chi connectivity index (χ4v) is 9.34. The maximum Gasteiger partial charge on any atom is 0.214 e. The summed E-state index contributed by atoms with van der Waals surface area (Å²) in [5.41, 5.74) is 0. The number of amides is 1. The molecular weight excluding hydrogens is 255 g/mol. The van der Waals surface area contributed by atoms with Crippen LogP contribution in [-0.4, -0.2) is 16.9 Å². The van der Waals surface area contributed by atoms with Gasteiger partial charge in [-0.05, 0) is 37.2 Å². The summed E-state index contributed by atoms with van der Waals surface area (Å²) in [4.78, 5) is 10.1. The molecule has 1 amide bonds. The third-order valence-corrected chi connectivity index (χ3v) is 9.38. The van der Waals surface area contributed by atoms with Crippen LogP contribution < -0.4 is 0 Å². The second-order valence-electron chi connectivity index (χ2n) is 1.55. The largest absolute Gasteiger partial charge is 0.305 e. The van der Waals surface area contributed by atoms with Crippen molar-refractivity contribution >= 4 is 42.1 Å². The van der Waals surface area contributed by atoms with Crippen molar-refractivity contribution in [2.45, 2.75) is 12.7 Å². The number of carbonyl (C=O) groups is 1. The zero-order valence-electron chi connectivity index (χ0n) is 4.34. The molecule has 1 rings (SSSR count). The number of hydrogen-bond donors (Lipinski definition) is 0. The molecule has 0 N–H and O–H groups in total. The Morgan fingerprint density at radius 3 is 2.75 bits per heavy atom. The van der Waals surface area contributed by atoms with Gasteiger partial charge in [0.25, 0.3) is 0 Å². The Labute approximate surface area is 64.4 Å². The normalized spacial score (nSPS) is 39.5. The van der Waals surface area contributed by atoms with E-state index in [4.69, 9.17) is 0 Å². The van der Waals surface area contributed by atoms with Crippen LogP contribution >= 0.6 is 35.7 Å². The Morgan fingerprint density at radius 2 is 2.62 bits per heavy atom. The maximum atomic E-state index is 10.1. The lowest BCUT2D eigenvalue weighted by Gasteiger charge is -2.40. The lowest BCUT2D eigenvalue weighted by atomic mass is 10.7. The molecular formula is C3H6INOP2. The Morgan fingerprint density at radius 1 is 2.00 bits per heavy atom. The summed E-state index contributed by atoms with van der Waals surface area (Å²) in [7, 11) is 1.00. The van der Waals surface area contributed by atoms with Crippen LogP contribution in [0.4, 0.5) is 0 Å². The van der Waals surface area contributed by atoms with Crippen LogP contribution in [-0.2, 0) is 4.79 Å². The highest BCUT2D eigenvalue weighted by molar-refractivity contribution is 14.2. The Kier molecular flexibility index (Phi) is 2.48. The first kappa shape index (κ1) is 7.17. The Hall–Kier alpha value is 1.06. The van der Waals surface area contributed by atoms with Crippen molar-refractivity contribution in [2.24, 2.45) is 0 Å². The van der Waals surface area contributed by atoms with E-state index in [0.717, 1.165) is 14.7 Å². The molecule has 0 aromatic carbocycles. The first-order chi connectivity index (χ1) is 3.75. The van der Waals surface area contributed by atoms with Crippen LogP contribution in [0.3, 0.4) is 0 Å². The number of rotatable bonds is 1. The van der Waals surface area contributed by atoms with Gasteiger partial charge in [-0.15, -0.1) is 0 Å². The van der Waals surface area contributed by atoms with E-state index in [2.05, 4.69) is 29.0 Å². The van der Waals surface area contributed by atoms with Crippen LogP contribution in [0.1, 0.15) is 6.92 Å². The molecule has 1 fully saturated rings. The second-order valence-corrected chi connectivity index (χ2v) is 11.1. The number of carbonyl (C=O) groups excluding carboxylic acids is 1. The molecule has 1 saturated heterocycles. The fraction of sp³-hybridized carbons (Fsp3) is 0.667. The zero-order valence-corrected chi connectivity index (χ0v) is 8.39. The van der Waals surface area contributed by atoms with Crippen molar-refractivity contribution < 1.29 is 4.79 Å². The smallest absolute Gasteiger partial charge is 0.214 e. The molecule has 0 saturated carbocycles. The van der Waals surface area contributed by atoms with E-state index in [9.17, 15) is 4.79 Å². The van der Waals surface area contributed by atoms with E-state index in [0.29, 0.717) is 5.78 Å². The van der Waals surface area contributed by atoms with E-state index in [1.54, 1.807) is 0 Å². The van der Waals surface area contributed by atoms with Crippen molar-refractivity contribution in [1.82, 2.24) is 4.67 Å². The summed E-state index contributed by atoms with van der Waals surface area (Å²) in [6.07, 6.45) is 0.958. The predicted molar refractivity (Wildman–Crippen MR) is 46.6 cm³/mol. The highest BCUT2D eigenvalue weighted by atomic mass is 127. The van der Waals surface area contributed by atoms with E-state index in [1.807, 2.05) is 4.67 Å².